The number of hydrogen-bond donors (Lipinski definition) is 37. The molecular weight excluding hydrogens is 1980 g/mol. The van der Waals surface area contributed by atoms with Crippen LogP contribution in [-0.4, -0.2) is 633 Å². The van der Waals surface area contributed by atoms with Crippen LogP contribution < -0.4 is 21.3 Å². The van der Waals surface area contributed by atoms with E-state index in [1.54, 1.807) is 0 Å². The van der Waals surface area contributed by atoms with Crippen molar-refractivity contribution in [2.24, 2.45) is 0 Å². The monoisotopic (exact) mass is 2110 g/mol. The topological polar surface area (TPSA) is 996 Å². The lowest BCUT2D eigenvalue weighted by Crippen LogP contribution is -2.71. The molecule has 0 aromatic carbocycles. The van der Waals surface area contributed by atoms with Gasteiger partial charge in [0.05, 0.1) is 78.8 Å². The van der Waals surface area contributed by atoms with Gasteiger partial charge in [-0.1, -0.05) is 0 Å². The van der Waals surface area contributed by atoms with Gasteiger partial charge in [-0.2, -0.15) is 0 Å². The van der Waals surface area contributed by atoms with Gasteiger partial charge in [0.2, 0.25) is 23.6 Å². The predicted octanol–water partition coefficient (Wildman–Crippen LogP) is -25.6. The van der Waals surface area contributed by atoms with Gasteiger partial charge in [-0.3, -0.25) is 19.2 Å². The second-order valence-electron chi connectivity index (χ2n) is 36.6. The summed E-state index contributed by atoms with van der Waals surface area (Å²) in [6.07, 6.45) is -120. The third kappa shape index (κ3) is 25.8. The highest BCUT2D eigenvalue weighted by Crippen LogP contribution is 2.43. The molecule has 834 valence electrons. The summed E-state index contributed by atoms with van der Waals surface area (Å²) in [5.41, 5.74) is 0. The van der Waals surface area contributed by atoms with Crippen molar-refractivity contribution in [1.82, 2.24) is 21.3 Å². The molecule has 0 bridgehead atoms. The minimum absolute atomic E-state index is 0.874. The van der Waals surface area contributed by atoms with Crippen LogP contribution in [0.15, 0.2) is 0 Å². The van der Waals surface area contributed by atoms with E-state index in [1.807, 2.05) is 0 Å². The van der Waals surface area contributed by atoms with Crippen molar-refractivity contribution in [1.29, 1.82) is 0 Å². The summed E-state index contributed by atoms with van der Waals surface area (Å²) in [4.78, 5) is 52.5. The zero-order valence-electron chi connectivity index (χ0n) is 77.2. The summed E-state index contributed by atoms with van der Waals surface area (Å²) in [6, 6.07) is -8.05. The fourth-order valence-electron chi connectivity index (χ4n) is 18.7. The van der Waals surface area contributed by atoms with Crippen molar-refractivity contribution in [3.8, 4) is 0 Å². The van der Waals surface area contributed by atoms with E-state index >= 15 is 0 Å². The fourth-order valence-corrected chi connectivity index (χ4v) is 18.7. The summed E-state index contributed by atoms with van der Waals surface area (Å²) >= 11 is 0. The highest BCUT2D eigenvalue weighted by molar-refractivity contribution is 5.74. The molecule has 60 atom stereocenters. The third-order valence-corrected chi connectivity index (χ3v) is 26.6. The van der Waals surface area contributed by atoms with Gasteiger partial charge in [0, 0.05) is 27.7 Å². The Bertz CT molecular complexity index is 3980. The van der Waals surface area contributed by atoms with Gasteiger partial charge >= 0.3 is 0 Å². The molecule has 12 rings (SSSR count). The molecule has 0 aromatic rings. The molecule has 12 aliphatic rings. The van der Waals surface area contributed by atoms with Crippen molar-refractivity contribution in [3.63, 3.8) is 0 Å². The zero-order valence-corrected chi connectivity index (χ0v) is 77.2. The van der Waals surface area contributed by atoms with Crippen LogP contribution in [0.3, 0.4) is 0 Å². The number of hydrogen-bond acceptors (Lipinski definition) is 60. The van der Waals surface area contributed by atoms with Crippen molar-refractivity contribution >= 4 is 23.6 Å². The van der Waals surface area contributed by atoms with E-state index in [9.17, 15) is 188 Å². The lowest BCUT2D eigenvalue weighted by molar-refractivity contribution is -0.400. The number of aliphatic hydroxyl groups is 33. The van der Waals surface area contributed by atoms with E-state index in [0.29, 0.717) is 0 Å². The van der Waals surface area contributed by atoms with Crippen LogP contribution in [-0.2, 0) is 128 Å². The number of nitrogens with one attached hydrogen (secondary N) is 4. The Kier molecular flexibility index (Phi) is 42.4. The maximum absolute atomic E-state index is 13.4. The molecule has 12 saturated heterocycles. The zero-order chi connectivity index (χ0) is 106. The van der Waals surface area contributed by atoms with Crippen molar-refractivity contribution < 1.29 is 297 Å². The molecule has 12 heterocycles. The van der Waals surface area contributed by atoms with Crippen LogP contribution in [0.4, 0.5) is 0 Å². The highest BCUT2D eigenvalue weighted by Gasteiger charge is 2.64. The first-order valence-corrected chi connectivity index (χ1v) is 46.0. The van der Waals surface area contributed by atoms with E-state index in [2.05, 4.69) is 21.3 Å². The normalized spacial score (nSPS) is 50.4. The van der Waals surface area contributed by atoms with Crippen molar-refractivity contribution in [3.05, 3.63) is 0 Å². The van der Waals surface area contributed by atoms with Gasteiger partial charge in [-0.05, 0) is 6.92 Å². The maximum atomic E-state index is 13.4. The Hall–Kier alpha value is -4.36. The van der Waals surface area contributed by atoms with Crippen LogP contribution in [0.25, 0.3) is 0 Å². The fraction of sp³-hybridized carbons (Fsp3) is 0.950. The van der Waals surface area contributed by atoms with E-state index in [4.69, 9.17) is 109 Å². The number of aliphatic hydroxyl groups excluding tert-OH is 33. The molecular formula is C80H134N4O60. The molecule has 0 radical (unpaired) electrons. The molecule has 0 aliphatic carbocycles. The second-order valence-corrected chi connectivity index (χ2v) is 36.6. The number of rotatable bonds is 37. The minimum atomic E-state index is -2.71. The largest absolute Gasteiger partial charge is 0.394 e. The quantitative estimate of drug-likeness (QED) is 0.0275. The summed E-state index contributed by atoms with van der Waals surface area (Å²) in [5, 5.41) is 380. The smallest absolute Gasteiger partial charge is 0.217 e. The average molecular weight is 2110 g/mol. The molecule has 0 aromatic heterocycles. The van der Waals surface area contributed by atoms with Crippen molar-refractivity contribution in [2.75, 3.05) is 72.7 Å². The van der Waals surface area contributed by atoms with Crippen LogP contribution in [0.2, 0.25) is 0 Å². The molecule has 0 spiro atoms. The Labute approximate surface area is 814 Å². The lowest BCUT2D eigenvalue weighted by Gasteiger charge is -2.51. The first-order chi connectivity index (χ1) is 68.1. The SMILES string of the molecule is CC(=O)N[C@@H]1[C@@H](O)[C@H](O[C@@H]2O[C@H](CO)[C@@H](O[C@@H]3O[C@H](CO[C@H]4O[C@H](CO)[C@@H](O)[C@H](O)[C@@H]4O[C@@H]4O[C@H](CO)[C@@H](O[C@@H]5O[C@H](CO)[C@H](O)[C@H](O[C@H]6O[C@H](CO)[C@H](O)[C@H](O)[C@H]6O)[C@H]5O)[C@H](O)[C@H]4NC(C)=O)[C@@H](O)[C@H](O[C@H]4O[C@H](CO)[C@@H](O)[C@H](O)[C@@H]4O[C@@H]4O[C@H](CO)[C@@H](O[C@@H]5O[C@H](CO)[C@H](O)[C@H](O[C@H]6O[C@H](CO)[C@H](O)[C@H](O)[C@H]6O)[C@H]5O)[C@H](O)[C@H]4NC(C)=O)[C@@H]3O)[C@H](O)[C@H]2NC(C)=O)[C@@H](CO[C@@H]2O[C@@H](C)[C@@H](O)[C@@H](O)[C@@H]2O)O[C@H]1O. The van der Waals surface area contributed by atoms with Crippen molar-refractivity contribution in [2.45, 2.75) is 403 Å². The summed E-state index contributed by atoms with van der Waals surface area (Å²) in [5.74, 6) is -3.98. The Balaban J connectivity index is 0.856. The molecule has 37 N–H and O–H groups in total. The number of carbonyl (C=O) groups is 4. The van der Waals surface area contributed by atoms with Gasteiger partial charge < -0.3 is 299 Å². The van der Waals surface area contributed by atoms with E-state index in [1.165, 1.54) is 6.92 Å². The molecule has 64 nitrogen and oxygen atoms in total. The Morgan fingerprint density at radius 2 is 0.424 bits per heavy atom. The second kappa shape index (κ2) is 51.6. The molecule has 144 heavy (non-hydrogen) atoms. The number of carbonyl (C=O) groups excluding carboxylic acids is 4. The first-order valence-electron chi connectivity index (χ1n) is 46.0. The van der Waals surface area contributed by atoms with Crippen LogP contribution >= 0.6 is 0 Å². The van der Waals surface area contributed by atoms with Gasteiger partial charge in [0.15, 0.2) is 75.5 Å². The summed E-state index contributed by atoms with van der Waals surface area (Å²) < 4.78 is 137. The van der Waals surface area contributed by atoms with E-state index in [0.717, 1.165) is 27.7 Å². The summed E-state index contributed by atoms with van der Waals surface area (Å²) in [6.45, 7) is -7.77. The van der Waals surface area contributed by atoms with Crippen LogP contribution in [0.1, 0.15) is 34.6 Å². The van der Waals surface area contributed by atoms with E-state index in [-0.39, 0.29) is 0 Å². The van der Waals surface area contributed by atoms with Gasteiger partial charge in [0.25, 0.3) is 0 Å². The number of ether oxygens (including phenoxy) is 23. The number of amides is 4. The first kappa shape index (κ1) is 118. The minimum Gasteiger partial charge on any atom is -0.394 e. The summed E-state index contributed by atoms with van der Waals surface area (Å²) in [7, 11) is 0. The third-order valence-electron chi connectivity index (χ3n) is 26.6. The van der Waals surface area contributed by atoms with Crippen LogP contribution in [0, 0.1) is 0 Å². The van der Waals surface area contributed by atoms with E-state index < -0.39 is 465 Å². The average Bonchev–Trinajstić information content (AvgIpc) is 0.754. The van der Waals surface area contributed by atoms with Gasteiger partial charge in [-0.25, -0.2) is 0 Å². The molecule has 4 amide bonds. The molecule has 12 fully saturated rings. The molecule has 64 heteroatoms. The molecule has 0 unspecified atom stereocenters. The van der Waals surface area contributed by atoms with Crippen LogP contribution in [0.5, 0.6) is 0 Å². The van der Waals surface area contributed by atoms with Gasteiger partial charge in [-0.15, -0.1) is 0 Å². The highest BCUT2D eigenvalue weighted by atomic mass is 16.8. The Morgan fingerprint density at radius 1 is 0.194 bits per heavy atom. The Morgan fingerprint density at radius 3 is 0.778 bits per heavy atom. The standard InChI is InChI=1S/C80H134N4O60/c1-17-37(98)49(110)54(115)73(124-17)122-16-32-63(45(106)33(69(121)125-32)81-18(2)94)136-70-34(82-19(3)95)46(107)62(28(12-91)132-70)139-78-59(120)66(142-80-68(53(114)41(102)25(9-88)131-80)144-72-36(84-21(5)97)48(109)61(30(14-93)134-72)138-77-58(119)65(43(104)27(11-90)129-77)141-75-56(117)51(112)39(100)23(7-86)127-75)44(105)31(135-78)15-123-79-67(52(113)40(101)24(8-87)130-79)143-71-35(83-20(4)96)47(108)60(29(13-92)133-71)137-76-57(118)64(42(103)26(10-89)128-76)140-74-55(116)50(111)38(99)22(6-85)126-74/h17,22-80,85-93,98-121H,6-16H2,1-5H3,(H,81,94)(H,82,95)(H,83,96)(H,84,97)/t17-,22+,23+,24+,25+,26+,27+,28+,29+,30+,31+,32+,33+,34+,35+,36+,37+,38-,39-,40+,41+,42-,43-,44+,45+,46+,47+,48+,49+,50-,51-,52-,53-,54-,55+,56+,57+,58+,59-,60+,61+,62+,63+,64-,65-,66-,67-,68-,69+,70-,71-,72-,73+,74+,75+,76-,77-,78-,79-,80+/m0/s1. The molecule has 0 saturated carbocycles. The molecule has 12 aliphatic heterocycles. The van der Waals surface area contributed by atoms with Gasteiger partial charge in [0.1, 0.15) is 287 Å². The predicted molar refractivity (Wildman–Crippen MR) is 440 cm³/mol. The lowest BCUT2D eigenvalue weighted by atomic mass is 9.93. The maximum Gasteiger partial charge on any atom is 0.217 e.